The SMILES string of the molecule is C=C/C=C(/F)C(=C)c1ccc(O)cc1. The lowest BCUT2D eigenvalue weighted by atomic mass is 10.1. The summed E-state index contributed by atoms with van der Waals surface area (Å²) in [6.45, 7) is 6.99. The third-order valence-corrected chi connectivity index (χ3v) is 1.77. The lowest BCUT2D eigenvalue weighted by Gasteiger charge is -2.02. The Hall–Kier alpha value is -1.83. The van der Waals surface area contributed by atoms with Crippen molar-refractivity contribution in [2.24, 2.45) is 0 Å². The van der Waals surface area contributed by atoms with E-state index in [4.69, 9.17) is 5.11 Å². The summed E-state index contributed by atoms with van der Waals surface area (Å²) >= 11 is 0. The molecule has 1 aromatic rings. The number of aromatic hydroxyl groups is 1. The molecule has 72 valence electrons. The highest BCUT2D eigenvalue weighted by Gasteiger charge is 2.03. The fourth-order valence-electron chi connectivity index (χ4n) is 1.00. The summed E-state index contributed by atoms with van der Waals surface area (Å²) in [6.07, 6.45) is 2.61. The van der Waals surface area contributed by atoms with Crippen LogP contribution in [-0.4, -0.2) is 5.11 Å². The van der Waals surface area contributed by atoms with Crippen LogP contribution in [0.5, 0.6) is 5.75 Å². The van der Waals surface area contributed by atoms with Gasteiger partial charge in [-0.1, -0.05) is 31.4 Å². The van der Waals surface area contributed by atoms with Gasteiger partial charge in [0.2, 0.25) is 0 Å². The molecule has 0 aliphatic carbocycles. The van der Waals surface area contributed by atoms with Gasteiger partial charge in [0, 0.05) is 5.57 Å². The largest absolute Gasteiger partial charge is 0.508 e. The monoisotopic (exact) mass is 190 g/mol. The molecule has 0 heterocycles. The predicted molar refractivity (Wildman–Crippen MR) is 56.5 cm³/mol. The molecule has 1 rings (SSSR count). The van der Waals surface area contributed by atoms with Crippen LogP contribution < -0.4 is 0 Å². The first kappa shape index (κ1) is 10.3. The zero-order valence-electron chi connectivity index (χ0n) is 7.70. The minimum atomic E-state index is -0.425. The highest BCUT2D eigenvalue weighted by molar-refractivity contribution is 5.75. The average Bonchev–Trinajstić information content (AvgIpc) is 2.18. The van der Waals surface area contributed by atoms with Gasteiger partial charge in [0.05, 0.1) is 0 Å². The van der Waals surface area contributed by atoms with Crippen LogP contribution in [0, 0.1) is 0 Å². The molecule has 0 aromatic heterocycles. The summed E-state index contributed by atoms with van der Waals surface area (Å²) in [7, 11) is 0. The van der Waals surface area contributed by atoms with E-state index < -0.39 is 5.83 Å². The van der Waals surface area contributed by atoms with Crippen LogP contribution in [-0.2, 0) is 0 Å². The van der Waals surface area contributed by atoms with Gasteiger partial charge in [-0.2, -0.15) is 0 Å². The summed E-state index contributed by atoms with van der Waals surface area (Å²) < 4.78 is 13.2. The van der Waals surface area contributed by atoms with E-state index in [2.05, 4.69) is 13.2 Å². The first-order chi connectivity index (χ1) is 6.65. The molecule has 1 nitrogen and oxygen atoms in total. The number of phenolic OH excluding ortho intramolecular Hbond substituents is 1. The number of hydrogen-bond donors (Lipinski definition) is 1. The van der Waals surface area contributed by atoms with Gasteiger partial charge in [-0.05, 0) is 23.8 Å². The Bertz CT molecular complexity index is 374. The zero-order valence-corrected chi connectivity index (χ0v) is 7.70. The number of rotatable bonds is 3. The minimum absolute atomic E-state index is 0.148. The maximum absolute atomic E-state index is 13.2. The average molecular weight is 190 g/mol. The third kappa shape index (κ3) is 2.33. The van der Waals surface area contributed by atoms with Gasteiger partial charge >= 0.3 is 0 Å². The second-order valence-electron chi connectivity index (χ2n) is 2.78. The van der Waals surface area contributed by atoms with Crippen LogP contribution in [0.3, 0.4) is 0 Å². The summed E-state index contributed by atoms with van der Waals surface area (Å²) in [6, 6.07) is 6.19. The fraction of sp³-hybridized carbons (Fsp3) is 0. The van der Waals surface area contributed by atoms with Crippen molar-refractivity contribution in [2.75, 3.05) is 0 Å². The lowest BCUT2D eigenvalue weighted by Crippen LogP contribution is -1.82. The van der Waals surface area contributed by atoms with Crippen LogP contribution in [0.25, 0.3) is 5.57 Å². The van der Waals surface area contributed by atoms with E-state index in [-0.39, 0.29) is 11.3 Å². The number of allylic oxidation sites excluding steroid dienone is 4. The first-order valence-corrected chi connectivity index (χ1v) is 4.12. The molecule has 0 radical (unpaired) electrons. The van der Waals surface area contributed by atoms with Gasteiger partial charge in [-0.15, -0.1) is 0 Å². The zero-order chi connectivity index (χ0) is 10.6. The molecule has 14 heavy (non-hydrogen) atoms. The molecule has 0 unspecified atom stereocenters. The molecular formula is C12H11FO. The maximum Gasteiger partial charge on any atom is 0.130 e. The van der Waals surface area contributed by atoms with Crippen molar-refractivity contribution in [3.63, 3.8) is 0 Å². The Morgan fingerprint density at radius 3 is 2.36 bits per heavy atom. The molecule has 0 saturated carbocycles. The van der Waals surface area contributed by atoms with Gasteiger partial charge in [-0.3, -0.25) is 0 Å². The van der Waals surface area contributed by atoms with Gasteiger partial charge in [0.1, 0.15) is 11.6 Å². The highest BCUT2D eigenvalue weighted by Crippen LogP contribution is 2.23. The van der Waals surface area contributed by atoms with Crippen molar-refractivity contribution in [2.45, 2.75) is 0 Å². The van der Waals surface area contributed by atoms with E-state index in [9.17, 15) is 4.39 Å². The molecule has 0 aliphatic rings. The van der Waals surface area contributed by atoms with Gasteiger partial charge in [0.15, 0.2) is 0 Å². The lowest BCUT2D eigenvalue weighted by molar-refractivity contribution is 0.475. The maximum atomic E-state index is 13.2. The second-order valence-corrected chi connectivity index (χ2v) is 2.78. The molecule has 2 heteroatoms. The van der Waals surface area contributed by atoms with Crippen molar-refractivity contribution >= 4 is 5.57 Å². The van der Waals surface area contributed by atoms with E-state index in [1.165, 1.54) is 24.3 Å². The standard InChI is InChI=1S/C12H11FO/c1-3-4-12(13)9(2)10-5-7-11(14)8-6-10/h3-8,14H,1-2H2/b12-4+. The number of benzene rings is 1. The Labute approximate surface area is 82.5 Å². The topological polar surface area (TPSA) is 20.2 Å². The molecule has 1 N–H and O–H groups in total. The molecule has 0 saturated heterocycles. The van der Waals surface area contributed by atoms with Gasteiger partial charge in [-0.25, -0.2) is 4.39 Å². The van der Waals surface area contributed by atoms with E-state index in [1.807, 2.05) is 0 Å². The van der Waals surface area contributed by atoms with Crippen LogP contribution in [0.2, 0.25) is 0 Å². The Morgan fingerprint density at radius 1 is 1.29 bits per heavy atom. The highest BCUT2D eigenvalue weighted by atomic mass is 19.1. The molecule has 0 atom stereocenters. The van der Waals surface area contributed by atoms with Crippen LogP contribution in [0.15, 0.2) is 55.4 Å². The van der Waals surface area contributed by atoms with Crippen molar-refractivity contribution in [3.05, 3.63) is 61.0 Å². The van der Waals surface area contributed by atoms with Crippen LogP contribution in [0.4, 0.5) is 4.39 Å². The second kappa shape index (κ2) is 4.42. The van der Waals surface area contributed by atoms with Crippen molar-refractivity contribution < 1.29 is 9.50 Å². The van der Waals surface area contributed by atoms with Crippen LogP contribution in [0.1, 0.15) is 5.56 Å². The molecule has 0 aliphatic heterocycles. The minimum Gasteiger partial charge on any atom is -0.508 e. The number of halogens is 1. The quantitative estimate of drug-likeness (QED) is 0.724. The molecule has 0 amide bonds. The molecule has 0 spiro atoms. The van der Waals surface area contributed by atoms with E-state index >= 15 is 0 Å². The summed E-state index contributed by atoms with van der Waals surface area (Å²) in [5.41, 5.74) is 0.920. The smallest absolute Gasteiger partial charge is 0.130 e. The molecular weight excluding hydrogens is 179 g/mol. The molecule has 1 aromatic carbocycles. The van der Waals surface area contributed by atoms with Crippen molar-refractivity contribution in [1.82, 2.24) is 0 Å². The number of phenols is 1. The first-order valence-electron chi connectivity index (χ1n) is 4.12. The Balaban J connectivity index is 2.95. The van der Waals surface area contributed by atoms with Gasteiger partial charge < -0.3 is 5.11 Å². The molecule has 0 bridgehead atoms. The fourth-order valence-corrected chi connectivity index (χ4v) is 1.00. The van der Waals surface area contributed by atoms with Crippen molar-refractivity contribution in [1.29, 1.82) is 0 Å². The van der Waals surface area contributed by atoms with Crippen LogP contribution >= 0.6 is 0 Å². The van der Waals surface area contributed by atoms with Crippen molar-refractivity contribution in [3.8, 4) is 5.75 Å². The number of hydrogen-bond acceptors (Lipinski definition) is 1. The van der Waals surface area contributed by atoms with Gasteiger partial charge in [0.25, 0.3) is 0 Å². The normalized spacial score (nSPS) is 11.1. The third-order valence-electron chi connectivity index (χ3n) is 1.77. The van der Waals surface area contributed by atoms with E-state index in [0.29, 0.717) is 5.56 Å². The predicted octanol–water partition coefficient (Wildman–Crippen LogP) is 3.44. The van der Waals surface area contributed by atoms with E-state index in [0.717, 1.165) is 0 Å². The summed E-state index contributed by atoms with van der Waals surface area (Å²) in [5.74, 6) is -0.277. The summed E-state index contributed by atoms with van der Waals surface area (Å²) in [4.78, 5) is 0. The summed E-state index contributed by atoms with van der Waals surface area (Å²) in [5, 5.41) is 9.03. The molecule has 0 fully saturated rings. The Kier molecular flexibility index (Phi) is 3.24. The van der Waals surface area contributed by atoms with E-state index in [1.54, 1.807) is 12.1 Å². The Morgan fingerprint density at radius 2 is 1.86 bits per heavy atom.